The van der Waals surface area contributed by atoms with Gasteiger partial charge in [-0.1, -0.05) is 55.7 Å². The van der Waals surface area contributed by atoms with E-state index in [1.54, 1.807) is 36.4 Å². The lowest BCUT2D eigenvalue weighted by Gasteiger charge is -2.24. The molecule has 5 nitrogen and oxygen atoms in total. The predicted octanol–water partition coefficient (Wildman–Crippen LogP) is 5.66. The topological polar surface area (TPSA) is 94.8 Å². The second-order valence-electron chi connectivity index (χ2n) is 8.82. The van der Waals surface area contributed by atoms with Crippen LogP contribution in [0.1, 0.15) is 86.6 Å². The summed E-state index contributed by atoms with van der Waals surface area (Å²) in [4.78, 5) is 22.5. The summed E-state index contributed by atoms with van der Waals surface area (Å²) in [6, 6.07) is 14.0. The Morgan fingerprint density at radius 3 is 1.61 bits per heavy atom. The first-order valence-electron chi connectivity index (χ1n) is 11.4. The van der Waals surface area contributed by atoms with E-state index in [2.05, 4.69) is 0 Å². The largest absolute Gasteiger partial charge is 0.507 e. The van der Waals surface area contributed by atoms with Gasteiger partial charge in [0.1, 0.15) is 17.2 Å². The van der Waals surface area contributed by atoms with Crippen LogP contribution in [-0.4, -0.2) is 27.9 Å². The van der Waals surface area contributed by atoms with Crippen LogP contribution < -0.4 is 0 Å². The summed E-state index contributed by atoms with van der Waals surface area (Å²) in [5.74, 6) is 0.337. The molecule has 0 bridgehead atoms. The fraction of sp³-hybridized carbons (Fsp3) is 0.286. The first kappa shape index (κ1) is 22.6. The van der Waals surface area contributed by atoms with Crippen LogP contribution in [0.15, 0.2) is 48.5 Å². The Kier molecular flexibility index (Phi) is 6.78. The molecule has 1 saturated carbocycles. The third kappa shape index (κ3) is 4.77. The summed E-state index contributed by atoms with van der Waals surface area (Å²) in [7, 11) is 0. The van der Waals surface area contributed by atoms with Gasteiger partial charge < -0.3 is 15.3 Å². The normalized spacial score (nSPS) is 14.2. The molecule has 3 N–H and O–H groups in total. The van der Waals surface area contributed by atoms with Crippen molar-refractivity contribution in [2.75, 3.05) is 0 Å². The van der Waals surface area contributed by atoms with E-state index in [0.29, 0.717) is 40.7 Å². The molecule has 0 saturated heterocycles. The van der Waals surface area contributed by atoms with Crippen molar-refractivity contribution in [1.82, 2.24) is 0 Å². The van der Waals surface area contributed by atoms with Crippen molar-refractivity contribution in [2.45, 2.75) is 50.9 Å². The van der Waals surface area contributed by atoms with E-state index in [1.807, 2.05) is 12.1 Å². The van der Waals surface area contributed by atoms with E-state index in [9.17, 15) is 24.9 Å². The van der Waals surface area contributed by atoms with Crippen molar-refractivity contribution in [3.8, 4) is 17.2 Å². The molecule has 1 aliphatic rings. The van der Waals surface area contributed by atoms with Gasteiger partial charge in [-0.2, -0.15) is 0 Å². The van der Waals surface area contributed by atoms with Crippen LogP contribution in [0.3, 0.4) is 0 Å². The molecule has 1 aliphatic carbocycles. The van der Waals surface area contributed by atoms with Gasteiger partial charge in [0.2, 0.25) is 0 Å². The van der Waals surface area contributed by atoms with Crippen molar-refractivity contribution in [1.29, 1.82) is 0 Å². The Morgan fingerprint density at radius 2 is 1.15 bits per heavy atom. The quantitative estimate of drug-likeness (QED) is 0.409. The average molecular weight is 445 g/mol. The first-order valence-corrected chi connectivity index (χ1v) is 11.4. The summed E-state index contributed by atoms with van der Waals surface area (Å²) >= 11 is 0. The molecule has 0 amide bonds. The van der Waals surface area contributed by atoms with Crippen molar-refractivity contribution in [3.05, 3.63) is 87.5 Å². The molecule has 0 heterocycles. The Morgan fingerprint density at radius 1 is 0.667 bits per heavy atom. The van der Waals surface area contributed by atoms with Gasteiger partial charge in [0, 0.05) is 12.8 Å². The summed E-state index contributed by atoms with van der Waals surface area (Å²) in [6.45, 7) is 0. The lowest BCUT2D eigenvalue weighted by molar-refractivity contribution is 0.111. The number of rotatable bonds is 7. The van der Waals surface area contributed by atoms with Crippen LogP contribution in [0.5, 0.6) is 17.2 Å². The summed E-state index contributed by atoms with van der Waals surface area (Å²) in [5.41, 5.74) is 4.02. The molecule has 0 unspecified atom stereocenters. The fourth-order valence-corrected chi connectivity index (χ4v) is 4.84. The van der Waals surface area contributed by atoms with E-state index < -0.39 is 0 Å². The Labute approximate surface area is 193 Å². The maximum atomic E-state index is 11.2. The van der Waals surface area contributed by atoms with Crippen molar-refractivity contribution >= 4 is 12.6 Å². The van der Waals surface area contributed by atoms with Gasteiger partial charge in [0.25, 0.3) is 0 Å². The zero-order valence-corrected chi connectivity index (χ0v) is 18.5. The van der Waals surface area contributed by atoms with Gasteiger partial charge in [0.15, 0.2) is 12.6 Å². The van der Waals surface area contributed by atoms with Gasteiger partial charge in [-0.3, -0.25) is 9.59 Å². The van der Waals surface area contributed by atoms with Crippen molar-refractivity contribution in [3.63, 3.8) is 0 Å². The standard InChI is InChI=1S/C28H28O5/c29-16-21-10-4-8-19(26(21)31)12-24-14-23(18-6-2-1-3-7-18)15-25(28(24)33)13-20-9-5-11-22(17-30)27(20)32/h4-5,8-11,14-18,31-33H,1-3,6-7,12-13H2. The average Bonchev–Trinajstić information content (AvgIpc) is 2.84. The highest BCUT2D eigenvalue weighted by molar-refractivity contribution is 5.80. The molecule has 4 rings (SSSR count). The van der Waals surface area contributed by atoms with Crippen molar-refractivity contribution in [2.24, 2.45) is 0 Å². The third-order valence-electron chi connectivity index (χ3n) is 6.68. The minimum atomic E-state index is -0.0761. The van der Waals surface area contributed by atoms with Crippen LogP contribution >= 0.6 is 0 Å². The zero-order valence-electron chi connectivity index (χ0n) is 18.5. The number of phenolic OH excluding ortho intramolecular Hbond substituents is 3. The SMILES string of the molecule is O=Cc1cccc(Cc2cc(C3CCCCC3)cc(Cc3cccc(C=O)c3O)c2O)c1O. The molecule has 5 heteroatoms. The van der Waals surface area contributed by atoms with Crippen LogP contribution in [0.4, 0.5) is 0 Å². The van der Waals surface area contributed by atoms with Crippen molar-refractivity contribution < 1.29 is 24.9 Å². The van der Waals surface area contributed by atoms with E-state index in [-0.39, 0.29) is 41.2 Å². The van der Waals surface area contributed by atoms with Gasteiger partial charge in [-0.15, -0.1) is 0 Å². The first-order chi connectivity index (χ1) is 16.0. The van der Waals surface area contributed by atoms with E-state index in [4.69, 9.17) is 0 Å². The molecule has 1 fully saturated rings. The van der Waals surface area contributed by atoms with E-state index >= 15 is 0 Å². The Bertz CT molecular complexity index is 1090. The molecule has 0 spiro atoms. The highest BCUT2D eigenvalue weighted by atomic mass is 16.3. The highest BCUT2D eigenvalue weighted by Crippen LogP contribution is 2.39. The van der Waals surface area contributed by atoms with Crippen LogP contribution in [0.25, 0.3) is 0 Å². The smallest absolute Gasteiger partial charge is 0.153 e. The van der Waals surface area contributed by atoms with Gasteiger partial charge in [-0.05, 0) is 58.7 Å². The molecule has 3 aromatic carbocycles. The minimum Gasteiger partial charge on any atom is -0.507 e. The van der Waals surface area contributed by atoms with Crippen LogP contribution in [0, 0.1) is 0 Å². The second-order valence-corrected chi connectivity index (χ2v) is 8.82. The number of para-hydroxylation sites is 2. The number of hydrogen-bond donors (Lipinski definition) is 3. The number of aldehydes is 2. The molecule has 170 valence electrons. The number of hydrogen-bond acceptors (Lipinski definition) is 5. The molecular weight excluding hydrogens is 416 g/mol. The zero-order chi connectivity index (χ0) is 23.4. The van der Waals surface area contributed by atoms with Crippen LogP contribution in [-0.2, 0) is 12.8 Å². The molecule has 0 radical (unpaired) electrons. The number of aromatic hydroxyl groups is 3. The maximum absolute atomic E-state index is 11.2. The summed E-state index contributed by atoms with van der Waals surface area (Å²) in [6.07, 6.45) is 7.51. The third-order valence-corrected chi connectivity index (χ3v) is 6.68. The van der Waals surface area contributed by atoms with E-state index in [1.165, 1.54) is 19.3 Å². The summed E-state index contributed by atoms with van der Waals surface area (Å²) in [5, 5.41) is 32.1. The lowest BCUT2D eigenvalue weighted by Crippen LogP contribution is -2.07. The predicted molar refractivity (Wildman–Crippen MR) is 127 cm³/mol. The maximum Gasteiger partial charge on any atom is 0.153 e. The number of benzene rings is 3. The van der Waals surface area contributed by atoms with Gasteiger partial charge in [-0.25, -0.2) is 0 Å². The number of carbonyl (C=O) groups excluding carboxylic acids is 2. The lowest BCUT2D eigenvalue weighted by atomic mass is 9.81. The fourth-order valence-electron chi connectivity index (χ4n) is 4.84. The van der Waals surface area contributed by atoms with Crippen LogP contribution in [0.2, 0.25) is 0 Å². The molecule has 0 aliphatic heterocycles. The Hall–Kier alpha value is -3.60. The van der Waals surface area contributed by atoms with Gasteiger partial charge >= 0.3 is 0 Å². The molecule has 3 aromatic rings. The molecule has 33 heavy (non-hydrogen) atoms. The number of carbonyl (C=O) groups is 2. The van der Waals surface area contributed by atoms with Gasteiger partial charge in [0.05, 0.1) is 11.1 Å². The molecular formula is C28H28O5. The van der Waals surface area contributed by atoms with E-state index in [0.717, 1.165) is 18.4 Å². The highest BCUT2D eigenvalue weighted by Gasteiger charge is 2.21. The summed E-state index contributed by atoms with van der Waals surface area (Å²) < 4.78 is 0. The molecule has 0 atom stereocenters. The Balaban J connectivity index is 1.77. The second kappa shape index (κ2) is 9.90. The minimum absolute atomic E-state index is 0.0761. The number of phenols is 3. The molecule has 0 aromatic heterocycles. The monoisotopic (exact) mass is 444 g/mol.